The Bertz CT molecular complexity index is 526. The fraction of sp³-hybridized carbons (Fsp3) is 0.538. The summed E-state index contributed by atoms with van der Waals surface area (Å²) in [7, 11) is 0. The number of alkyl halides is 3. The van der Waals surface area contributed by atoms with Crippen molar-refractivity contribution >= 4 is 5.69 Å². The molecule has 1 saturated carbocycles. The number of ether oxygens (including phenoxy) is 1. The molecule has 0 aromatic heterocycles. The van der Waals surface area contributed by atoms with E-state index in [0.717, 1.165) is 25.0 Å². The number of hydrogen-bond acceptors (Lipinski definition) is 4. The lowest BCUT2D eigenvalue weighted by Gasteiger charge is -2.26. The highest BCUT2D eigenvalue weighted by molar-refractivity contribution is 5.49. The van der Waals surface area contributed by atoms with Crippen molar-refractivity contribution in [2.75, 3.05) is 0 Å². The minimum atomic E-state index is -4.62. The maximum atomic E-state index is 12.6. The molecule has 2 N–H and O–H groups in total. The van der Waals surface area contributed by atoms with Gasteiger partial charge in [0.1, 0.15) is 0 Å². The first-order valence-electron chi connectivity index (χ1n) is 6.55. The van der Waals surface area contributed by atoms with E-state index in [9.17, 15) is 23.3 Å². The van der Waals surface area contributed by atoms with Crippen LogP contribution in [0.3, 0.4) is 0 Å². The van der Waals surface area contributed by atoms with Gasteiger partial charge >= 0.3 is 11.9 Å². The minimum Gasteiger partial charge on any atom is -0.484 e. The SMILES string of the molecule is NC1CCC(Oc2ccc(C(F)(F)F)cc2[N+](=O)[O-])CC1. The van der Waals surface area contributed by atoms with Gasteiger partial charge in [0.15, 0.2) is 5.75 Å². The zero-order valence-electron chi connectivity index (χ0n) is 11.1. The fourth-order valence-electron chi connectivity index (χ4n) is 2.32. The highest BCUT2D eigenvalue weighted by Crippen LogP contribution is 2.37. The number of halogens is 3. The molecule has 21 heavy (non-hydrogen) atoms. The van der Waals surface area contributed by atoms with Gasteiger partial charge in [-0.2, -0.15) is 13.2 Å². The molecule has 5 nitrogen and oxygen atoms in total. The van der Waals surface area contributed by atoms with Crippen LogP contribution < -0.4 is 10.5 Å². The summed E-state index contributed by atoms with van der Waals surface area (Å²) < 4.78 is 43.3. The van der Waals surface area contributed by atoms with Gasteiger partial charge in [-0.15, -0.1) is 0 Å². The van der Waals surface area contributed by atoms with Crippen LogP contribution in [0.1, 0.15) is 31.2 Å². The van der Waals surface area contributed by atoms with Gasteiger partial charge < -0.3 is 10.5 Å². The van der Waals surface area contributed by atoms with Gasteiger partial charge in [-0.05, 0) is 37.8 Å². The Labute approximate surface area is 119 Å². The predicted octanol–water partition coefficient (Wildman–Crippen LogP) is 3.26. The summed E-state index contributed by atoms with van der Waals surface area (Å²) in [6.45, 7) is 0. The molecule has 0 unspecified atom stereocenters. The lowest BCUT2D eigenvalue weighted by molar-refractivity contribution is -0.386. The third-order valence-electron chi connectivity index (χ3n) is 3.50. The zero-order chi connectivity index (χ0) is 15.6. The molecular formula is C13H15F3N2O3. The van der Waals surface area contributed by atoms with E-state index in [4.69, 9.17) is 10.5 Å². The maximum absolute atomic E-state index is 12.6. The van der Waals surface area contributed by atoms with E-state index in [-0.39, 0.29) is 17.9 Å². The van der Waals surface area contributed by atoms with E-state index in [2.05, 4.69) is 0 Å². The van der Waals surface area contributed by atoms with Gasteiger partial charge in [-0.1, -0.05) is 0 Å². The maximum Gasteiger partial charge on any atom is 0.416 e. The van der Waals surface area contributed by atoms with E-state index in [0.29, 0.717) is 18.9 Å². The van der Waals surface area contributed by atoms with Crippen molar-refractivity contribution in [1.29, 1.82) is 0 Å². The summed E-state index contributed by atoms with van der Waals surface area (Å²) >= 11 is 0. The van der Waals surface area contributed by atoms with Crippen LogP contribution in [0.5, 0.6) is 5.75 Å². The van der Waals surface area contributed by atoms with Gasteiger partial charge in [0.25, 0.3) is 0 Å². The standard InChI is InChI=1S/C13H15F3N2O3/c14-13(15,16)8-1-6-12(11(7-8)18(19)20)21-10-4-2-9(17)3-5-10/h1,6-7,9-10H,2-5,17H2. The molecule has 0 aliphatic heterocycles. The second-order valence-electron chi connectivity index (χ2n) is 5.09. The highest BCUT2D eigenvalue weighted by Gasteiger charge is 2.34. The van der Waals surface area contributed by atoms with Crippen LogP contribution in [0.25, 0.3) is 0 Å². The summed E-state index contributed by atoms with van der Waals surface area (Å²) in [5, 5.41) is 10.9. The fourth-order valence-corrected chi connectivity index (χ4v) is 2.32. The van der Waals surface area contributed by atoms with Crippen LogP contribution in [0.4, 0.5) is 18.9 Å². The Hall–Kier alpha value is -1.83. The van der Waals surface area contributed by atoms with E-state index in [1.54, 1.807) is 0 Å². The Morgan fingerprint density at radius 3 is 2.38 bits per heavy atom. The number of nitrogens with two attached hydrogens (primary N) is 1. The van der Waals surface area contributed by atoms with Crippen molar-refractivity contribution in [3.05, 3.63) is 33.9 Å². The van der Waals surface area contributed by atoms with Crippen molar-refractivity contribution in [3.63, 3.8) is 0 Å². The summed E-state index contributed by atoms with van der Waals surface area (Å²) in [6, 6.07) is 2.39. The second kappa shape index (κ2) is 5.88. The van der Waals surface area contributed by atoms with Crippen LogP contribution in [-0.4, -0.2) is 17.1 Å². The molecule has 1 aromatic rings. The normalized spacial score (nSPS) is 22.9. The van der Waals surface area contributed by atoms with Gasteiger partial charge in [0, 0.05) is 12.1 Å². The molecule has 1 aliphatic carbocycles. The molecule has 0 bridgehead atoms. The Kier molecular flexibility index (Phi) is 4.36. The molecule has 0 amide bonds. The molecule has 116 valence electrons. The van der Waals surface area contributed by atoms with Crippen molar-refractivity contribution in [2.45, 2.75) is 44.0 Å². The van der Waals surface area contributed by atoms with Gasteiger partial charge in [-0.3, -0.25) is 10.1 Å². The first kappa shape index (κ1) is 15.6. The van der Waals surface area contributed by atoms with Crippen LogP contribution in [-0.2, 0) is 6.18 Å². The van der Waals surface area contributed by atoms with Gasteiger partial charge in [0.05, 0.1) is 16.6 Å². The molecule has 1 aliphatic rings. The summed E-state index contributed by atoms with van der Waals surface area (Å²) in [5.41, 5.74) is 4.02. The summed E-state index contributed by atoms with van der Waals surface area (Å²) in [6.07, 6.45) is -2.13. The largest absolute Gasteiger partial charge is 0.484 e. The third kappa shape index (κ3) is 3.84. The molecule has 1 aromatic carbocycles. The highest BCUT2D eigenvalue weighted by atomic mass is 19.4. The average Bonchev–Trinajstić information content (AvgIpc) is 2.40. The van der Waals surface area contributed by atoms with E-state index in [1.165, 1.54) is 0 Å². The smallest absolute Gasteiger partial charge is 0.416 e. The van der Waals surface area contributed by atoms with Crippen LogP contribution in [0.2, 0.25) is 0 Å². The predicted molar refractivity (Wildman–Crippen MR) is 69.0 cm³/mol. The van der Waals surface area contributed by atoms with Gasteiger partial charge in [-0.25, -0.2) is 0 Å². The first-order chi connectivity index (χ1) is 9.77. The van der Waals surface area contributed by atoms with Crippen LogP contribution in [0, 0.1) is 10.1 Å². The number of nitro benzene ring substituents is 1. The minimum absolute atomic E-state index is 0.0902. The molecule has 0 radical (unpaired) electrons. The van der Waals surface area contributed by atoms with E-state index in [1.807, 2.05) is 0 Å². The molecule has 2 rings (SSSR count). The Balaban J connectivity index is 2.21. The monoisotopic (exact) mass is 304 g/mol. The molecule has 0 saturated heterocycles. The summed E-state index contributed by atoms with van der Waals surface area (Å²) in [5.74, 6) is -0.131. The van der Waals surface area contributed by atoms with E-state index >= 15 is 0 Å². The van der Waals surface area contributed by atoms with Crippen molar-refractivity contribution in [2.24, 2.45) is 5.73 Å². The first-order valence-corrected chi connectivity index (χ1v) is 6.55. The number of nitrogens with zero attached hydrogens (tertiary/aromatic N) is 1. The average molecular weight is 304 g/mol. The van der Waals surface area contributed by atoms with Crippen molar-refractivity contribution in [3.8, 4) is 5.75 Å². The van der Waals surface area contributed by atoms with Crippen LogP contribution >= 0.6 is 0 Å². The molecule has 0 spiro atoms. The number of nitro groups is 1. The Morgan fingerprint density at radius 2 is 1.86 bits per heavy atom. The van der Waals surface area contributed by atoms with Gasteiger partial charge in [0.2, 0.25) is 0 Å². The third-order valence-corrected chi connectivity index (χ3v) is 3.50. The summed E-state index contributed by atoms with van der Waals surface area (Å²) in [4.78, 5) is 10.1. The van der Waals surface area contributed by atoms with E-state index < -0.39 is 22.4 Å². The molecule has 1 fully saturated rings. The molecule has 0 heterocycles. The number of benzene rings is 1. The topological polar surface area (TPSA) is 78.4 Å². The Morgan fingerprint density at radius 1 is 1.24 bits per heavy atom. The zero-order valence-corrected chi connectivity index (χ0v) is 11.1. The molecule has 0 atom stereocenters. The lowest BCUT2D eigenvalue weighted by atomic mass is 9.94. The van der Waals surface area contributed by atoms with Crippen LogP contribution in [0.15, 0.2) is 18.2 Å². The quantitative estimate of drug-likeness (QED) is 0.686. The number of rotatable bonds is 3. The molecule has 8 heteroatoms. The van der Waals surface area contributed by atoms with Crippen molar-refractivity contribution in [1.82, 2.24) is 0 Å². The molecular weight excluding hydrogens is 289 g/mol. The second-order valence-corrected chi connectivity index (χ2v) is 5.09. The van der Waals surface area contributed by atoms with Crippen molar-refractivity contribution < 1.29 is 22.8 Å². The number of hydrogen-bond donors (Lipinski definition) is 1. The lowest BCUT2D eigenvalue weighted by Crippen LogP contribution is -2.31.